The lowest BCUT2D eigenvalue weighted by Crippen LogP contribution is -2.01. The van der Waals surface area contributed by atoms with Gasteiger partial charge in [0.2, 0.25) is 0 Å². The zero-order valence-corrected chi connectivity index (χ0v) is 8.13. The van der Waals surface area contributed by atoms with Crippen LogP contribution in [0, 0.1) is 0 Å². The van der Waals surface area contributed by atoms with E-state index in [4.69, 9.17) is 10.2 Å². The Hall–Kier alpha value is -0.0800. The molecule has 1 aliphatic rings. The van der Waals surface area contributed by atoms with E-state index in [1.807, 2.05) is 6.92 Å². The smallest absolute Gasteiger partial charge is 0.151 e. The Labute approximate surface area is 75.6 Å². The van der Waals surface area contributed by atoms with Gasteiger partial charge >= 0.3 is 0 Å². The van der Waals surface area contributed by atoms with Crippen molar-refractivity contribution < 1.29 is 10.2 Å². The number of hydrogen-bond acceptors (Lipinski definition) is 2. The molecule has 0 aromatic carbocycles. The molecule has 0 radical (unpaired) electrons. The monoisotopic (exact) mass is 174 g/mol. The SMILES string of the molecule is C1CCCCC1.CCCC(O)O. The van der Waals surface area contributed by atoms with Crippen LogP contribution in [0.4, 0.5) is 0 Å². The fourth-order valence-corrected chi connectivity index (χ4v) is 1.32. The predicted octanol–water partition coefficient (Wildman–Crippen LogP) is 2.44. The van der Waals surface area contributed by atoms with Crippen molar-refractivity contribution in [3.63, 3.8) is 0 Å². The van der Waals surface area contributed by atoms with E-state index in [0.29, 0.717) is 6.42 Å². The maximum absolute atomic E-state index is 8.11. The fourth-order valence-electron chi connectivity index (χ4n) is 1.32. The van der Waals surface area contributed by atoms with E-state index >= 15 is 0 Å². The molecule has 0 bridgehead atoms. The van der Waals surface area contributed by atoms with Crippen LogP contribution in [0.5, 0.6) is 0 Å². The van der Waals surface area contributed by atoms with Gasteiger partial charge in [0.1, 0.15) is 0 Å². The summed E-state index contributed by atoms with van der Waals surface area (Å²) in [5.74, 6) is 0. The van der Waals surface area contributed by atoms with Crippen LogP contribution in [0.3, 0.4) is 0 Å². The maximum Gasteiger partial charge on any atom is 0.151 e. The molecule has 0 aromatic heterocycles. The first kappa shape index (κ1) is 11.9. The van der Waals surface area contributed by atoms with Crippen molar-refractivity contribution in [2.45, 2.75) is 64.6 Å². The second kappa shape index (κ2) is 9.01. The molecule has 0 aromatic rings. The van der Waals surface area contributed by atoms with Gasteiger partial charge in [0.15, 0.2) is 6.29 Å². The quantitative estimate of drug-likeness (QED) is 0.631. The molecule has 0 saturated heterocycles. The number of aliphatic hydroxyl groups is 2. The molecule has 74 valence electrons. The number of hydrogen-bond donors (Lipinski definition) is 2. The van der Waals surface area contributed by atoms with E-state index in [0.717, 1.165) is 6.42 Å². The highest BCUT2D eigenvalue weighted by Gasteiger charge is 1.95. The van der Waals surface area contributed by atoms with E-state index in [2.05, 4.69) is 0 Å². The van der Waals surface area contributed by atoms with Crippen LogP contribution in [0.15, 0.2) is 0 Å². The van der Waals surface area contributed by atoms with Crippen molar-refractivity contribution in [3.05, 3.63) is 0 Å². The highest BCUT2D eigenvalue weighted by molar-refractivity contribution is 4.51. The lowest BCUT2D eigenvalue weighted by atomic mass is 10.0. The second-order valence-corrected chi connectivity index (χ2v) is 3.39. The molecule has 0 aliphatic heterocycles. The van der Waals surface area contributed by atoms with Crippen LogP contribution in [0.25, 0.3) is 0 Å². The fraction of sp³-hybridized carbons (Fsp3) is 1.00. The summed E-state index contributed by atoms with van der Waals surface area (Å²) in [4.78, 5) is 0. The summed E-state index contributed by atoms with van der Waals surface area (Å²) in [5.41, 5.74) is 0. The largest absolute Gasteiger partial charge is 0.368 e. The van der Waals surface area contributed by atoms with Crippen molar-refractivity contribution in [1.29, 1.82) is 0 Å². The third-order valence-corrected chi connectivity index (χ3v) is 2.05. The molecule has 2 heteroatoms. The normalized spacial score (nSPS) is 17.0. The van der Waals surface area contributed by atoms with Crippen molar-refractivity contribution in [2.24, 2.45) is 0 Å². The molecule has 12 heavy (non-hydrogen) atoms. The molecular formula is C10H22O2. The van der Waals surface area contributed by atoms with Gasteiger partial charge < -0.3 is 10.2 Å². The molecule has 0 atom stereocenters. The molecule has 1 saturated carbocycles. The standard InChI is InChI=1S/C6H12.C4H10O2/c1-2-4-6-5-3-1;1-2-3-4(5)6/h1-6H2;4-6H,2-3H2,1H3. The Morgan fingerprint density at radius 3 is 1.33 bits per heavy atom. The Bertz CT molecular complexity index is 66.4. The predicted molar refractivity (Wildman–Crippen MR) is 50.8 cm³/mol. The zero-order valence-electron chi connectivity index (χ0n) is 8.13. The molecule has 2 N–H and O–H groups in total. The van der Waals surface area contributed by atoms with Crippen LogP contribution in [0.2, 0.25) is 0 Å². The van der Waals surface area contributed by atoms with Gasteiger partial charge in [0.25, 0.3) is 0 Å². The molecule has 0 spiro atoms. The van der Waals surface area contributed by atoms with Crippen molar-refractivity contribution in [2.75, 3.05) is 0 Å². The summed E-state index contributed by atoms with van der Waals surface area (Å²) < 4.78 is 0. The molecular weight excluding hydrogens is 152 g/mol. The molecule has 1 fully saturated rings. The minimum atomic E-state index is -1.10. The number of aliphatic hydroxyl groups excluding tert-OH is 1. The Morgan fingerprint density at radius 2 is 1.25 bits per heavy atom. The Balaban J connectivity index is 0.000000202. The minimum absolute atomic E-state index is 0.486. The Morgan fingerprint density at radius 1 is 0.917 bits per heavy atom. The van der Waals surface area contributed by atoms with Crippen LogP contribution < -0.4 is 0 Å². The summed E-state index contributed by atoms with van der Waals surface area (Å²) in [5, 5.41) is 16.2. The topological polar surface area (TPSA) is 40.5 Å². The summed E-state index contributed by atoms with van der Waals surface area (Å²) in [6.07, 6.45) is 9.22. The molecule has 0 unspecified atom stereocenters. The highest BCUT2D eigenvalue weighted by atomic mass is 16.5. The van der Waals surface area contributed by atoms with Crippen LogP contribution in [-0.4, -0.2) is 16.5 Å². The first-order valence-electron chi connectivity index (χ1n) is 5.13. The summed E-state index contributed by atoms with van der Waals surface area (Å²) in [6, 6.07) is 0. The van der Waals surface area contributed by atoms with E-state index in [1.165, 1.54) is 38.5 Å². The van der Waals surface area contributed by atoms with Gasteiger partial charge in [-0.1, -0.05) is 51.9 Å². The van der Waals surface area contributed by atoms with Gasteiger partial charge in [-0.05, 0) is 6.42 Å². The Kier molecular flexibility index (Phi) is 8.95. The van der Waals surface area contributed by atoms with Crippen LogP contribution in [-0.2, 0) is 0 Å². The molecule has 2 nitrogen and oxygen atoms in total. The molecule has 1 aliphatic carbocycles. The van der Waals surface area contributed by atoms with E-state index in [9.17, 15) is 0 Å². The van der Waals surface area contributed by atoms with Gasteiger partial charge in [-0.15, -0.1) is 0 Å². The third-order valence-electron chi connectivity index (χ3n) is 2.05. The lowest BCUT2D eigenvalue weighted by Gasteiger charge is -2.05. The number of rotatable bonds is 2. The highest BCUT2D eigenvalue weighted by Crippen LogP contribution is 2.15. The zero-order chi connectivity index (χ0) is 9.23. The second-order valence-electron chi connectivity index (χ2n) is 3.39. The van der Waals surface area contributed by atoms with E-state index < -0.39 is 6.29 Å². The summed E-state index contributed by atoms with van der Waals surface area (Å²) >= 11 is 0. The van der Waals surface area contributed by atoms with Crippen LogP contribution in [0.1, 0.15) is 58.3 Å². The van der Waals surface area contributed by atoms with Gasteiger partial charge in [-0.2, -0.15) is 0 Å². The van der Waals surface area contributed by atoms with Gasteiger partial charge in [-0.25, -0.2) is 0 Å². The van der Waals surface area contributed by atoms with Gasteiger partial charge in [-0.3, -0.25) is 0 Å². The maximum atomic E-state index is 8.11. The third kappa shape index (κ3) is 9.92. The average Bonchev–Trinajstić information content (AvgIpc) is 2.08. The first-order chi connectivity index (χ1) is 5.77. The van der Waals surface area contributed by atoms with E-state index in [1.54, 1.807) is 0 Å². The molecule has 0 heterocycles. The lowest BCUT2D eigenvalue weighted by molar-refractivity contribution is -0.0453. The van der Waals surface area contributed by atoms with Crippen molar-refractivity contribution in [3.8, 4) is 0 Å². The molecule has 0 amide bonds. The average molecular weight is 174 g/mol. The molecule has 1 rings (SSSR count). The van der Waals surface area contributed by atoms with Crippen molar-refractivity contribution >= 4 is 0 Å². The van der Waals surface area contributed by atoms with Gasteiger partial charge in [0.05, 0.1) is 0 Å². The summed E-state index contributed by atoms with van der Waals surface area (Å²) in [7, 11) is 0. The minimum Gasteiger partial charge on any atom is -0.368 e. The first-order valence-corrected chi connectivity index (χ1v) is 5.13. The van der Waals surface area contributed by atoms with E-state index in [-0.39, 0.29) is 0 Å². The van der Waals surface area contributed by atoms with Gasteiger partial charge in [0, 0.05) is 0 Å². The summed E-state index contributed by atoms with van der Waals surface area (Å²) in [6.45, 7) is 1.90. The van der Waals surface area contributed by atoms with Crippen molar-refractivity contribution in [1.82, 2.24) is 0 Å². The van der Waals surface area contributed by atoms with Crippen LogP contribution >= 0.6 is 0 Å².